The van der Waals surface area contributed by atoms with E-state index in [9.17, 15) is 13.9 Å². The Morgan fingerprint density at radius 1 is 0.904 bits per heavy atom. The van der Waals surface area contributed by atoms with E-state index >= 15 is 4.39 Å². The molecule has 10 heteroatoms. The van der Waals surface area contributed by atoms with Gasteiger partial charge in [-0.2, -0.15) is 0 Å². The first kappa shape index (κ1) is 36.2. The molecule has 0 amide bonds. The number of fused-ring (bicyclic) bond motifs is 1. The van der Waals surface area contributed by atoms with Gasteiger partial charge in [-0.25, -0.2) is 23.1 Å². The number of halogens is 3. The van der Waals surface area contributed by atoms with Crippen molar-refractivity contribution >= 4 is 5.95 Å². The summed E-state index contributed by atoms with van der Waals surface area (Å²) in [6.07, 6.45) is 3.83. The highest BCUT2D eigenvalue weighted by Crippen LogP contribution is 2.53. The van der Waals surface area contributed by atoms with Crippen molar-refractivity contribution in [1.29, 1.82) is 0 Å². The number of anilines is 1. The summed E-state index contributed by atoms with van der Waals surface area (Å²) >= 11 is 0. The second kappa shape index (κ2) is 14.7. The molecule has 2 aliphatic carbocycles. The Labute approximate surface area is 304 Å². The fourth-order valence-corrected chi connectivity index (χ4v) is 8.47. The number of hydrogen-bond acceptors (Lipinski definition) is 7. The van der Waals surface area contributed by atoms with Crippen molar-refractivity contribution < 1.29 is 27.8 Å². The number of hydrogen-bond donors (Lipinski definition) is 1. The van der Waals surface area contributed by atoms with Gasteiger partial charge in [0.2, 0.25) is 11.9 Å². The van der Waals surface area contributed by atoms with Gasteiger partial charge in [0.1, 0.15) is 5.75 Å². The summed E-state index contributed by atoms with van der Waals surface area (Å²) in [5, 5.41) is 9.72. The van der Waals surface area contributed by atoms with E-state index in [0.29, 0.717) is 62.5 Å². The first-order valence-electron chi connectivity index (χ1n) is 18.5. The Hall–Kier alpha value is -4.18. The zero-order valence-corrected chi connectivity index (χ0v) is 30.5. The molecule has 3 aliphatic rings. The predicted molar refractivity (Wildman–Crippen MR) is 195 cm³/mol. The number of aryl methyl sites for hydroxylation is 1. The molecule has 0 spiro atoms. The second-order valence-electron chi connectivity index (χ2n) is 15.8. The zero-order chi connectivity index (χ0) is 36.6. The van der Waals surface area contributed by atoms with Gasteiger partial charge in [-0.05, 0) is 85.6 Å². The van der Waals surface area contributed by atoms with E-state index in [1.165, 1.54) is 12.4 Å². The van der Waals surface area contributed by atoms with Crippen LogP contribution in [0.25, 0.3) is 0 Å². The van der Waals surface area contributed by atoms with Crippen LogP contribution in [0.15, 0.2) is 60.9 Å². The molecule has 2 aromatic heterocycles. The molecule has 3 heterocycles. The zero-order valence-electron chi connectivity index (χ0n) is 30.5. The van der Waals surface area contributed by atoms with Crippen LogP contribution in [0.3, 0.4) is 0 Å². The van der Waals surface area contributed by atoms with Crippen molar-refractivity contribution in [3.05, 3.63) is 106 Å². The lowest BCUT2D eigenvalue weighted by Crippen LogP contribution is -2.36. The maximum absolute atomic E-state index is 17.6. The van der Waals surface area contributed by atoms with E-state index in [1.807, 2.05) is 55.5 Å². The van der Waals surface area contributed by atoms with E-state index in [0.717, 1.165) is 39.4 Å². The molecule has 1 N–H and O–H groups in total. The molecule has 1 saturated carbocycles. The van der Waals surface area contributed by atoms with Crippen molar-refractivity contribution in [2.24, 2.45) is 5.41 Å². The molecule has 276 valence electrons. The molecule has 0 bridgehead atoms. The monoisotopic (exact) mass is 714 g/mol. The smallest absolute Gasteiger partial charge is 0.248 e. The summed E-state index contributed by atoms with van der Waals surface area (Å²) < 4.78 is 59.3. The highest BCUT2D eigenvalue weighted by molar-refractivity contribution is 5.51. The van der Waals surface area contributed by atoms with Gasteiger partial charge in [-0.3, -0.25) is 4.98 Å². The topological polar surface area (TPSA) is 80.6 Å². The van der Waals surface area contributed by atoms with Gasteiger partial charge < -0.3 is 19.5 Å². The van der Waals surface area contributed by atoms with E-state index < -0.39 is 12.1 Å². The fraction of sp³-hybridized carbons (Fsp3) is 0.500. The Kier molecular flexibility index (Phi) is 10.2. The molecule has 0 radical (unpaired) electrons. The van der Waals surface area contributed by atoms with E-state index in [2.05, 4.69) is 28.7 Å². The molecule has 2 unspecified atom stereocenters. The first-order valence-corrected chi connectivity index (χ1v) is 18.5. The molecule has 4 aromatic rings. The molecule has 52 heavy (non-hydrogen) atoms. The highest BCUT2D eigenvalue weighted by atomic mass is 19.3. The Balaban J connectivity index is 1.35. The van der Waals surface area contributed by atoms with Gasteiger partial charge in [0, 0.05) is 48.7 Å². The number of aromatic nitrogens is 3. The summed E-state index contributed by atoms with van der Waals surface area (Å²) in [6, 6.07) is 15.3. The first-order chi connectivity index (χ1) is 24.9. The Morgan fingerprint density at radius 3 is 2.19 bits per heavy atom. The largest absolute Gasteiger partial charge is 0.505 e. The Morgan fingerprint density at radius 2 is 1.56 bits per heavy atom. The third kappa shape index (κ3) is 7.77. The number of alkyl halides is 3. The SMILES string of the molecule is COc1ccc(COC2CC(C)(C)Cc3nc(C4CCN(c5ncc(O)cn5)CC4)c(C(F)c4ccc(C)cc4)c(C4CCC(F)(F)CC4)c32)cc1. The van der Waals surface area contributed by atoms with Crippen molar-refractivity contribution in [3.8, 4) is 11.5 Å². The van der Waals surface area contributed by atoms with Crippen molar-refractivity contribution in [2.45, 2.75) is 109 Å². The number of nitrogens with zero attached hydrogens (tertiary/aromatic N) is 4. The van der Waals surface area contributed by atoms with Crippen LogP contribution in [0, 0.1) is 12.3 Å². The molecule has 2 aromatic carbocycles. The molecule has 2 fully saturated rings. The summed E-state index contributed by atoms with van der Waals surface area (Å²) in [5.74, 6) is -1.71. The summed E-state index contributed by atoms with van der Waals surface area (Å²) in [7, 11) is 1.64. The second-order valence-corrected chi connectivity index (χ2v) is 15.8. The van der Waals surface area contributed by atoms with Crippen molar-refractivity contribution in [1.82, 2.24) is 15.0 Å². The van der Waals surface area contributed by atoms with E-state index in [-0.39, 0.29) is 54.8 Å². The maximum atomic E-state index is 17.6. The minimum Gasteiger partial charge on any atom is -0.505 e. The van der Waals surface area contributed by atoms with Gasteiger partial charge in [0.25, 0.3) is 0 Å². The lowest BCUT2D eigenvalue weighted by molar-refractivity contribution is -0.0390. The van der Waals surface area contributed by atoms with E-state index in [4.69, 9.17) is 14.5 Å². The van der Waals surface area contributed by atoms with Crippen LogP contribution in [0.2, 0.25) is 0 Å². The molecule has 2 atom stereocenters. The van der Waals surface area contributed by atoms with Gasteiger partial charge in [-0.15, -0.1) is 0 Å². The number of pyridine rings is 1. The highest BCUT2D eigenvalue weighted by Gasteiger charge is 2.44. The van der Waals surface area contributed by atoms with Crippen LogP contribution >= 0.6 is 0 Å². The number of aromatic hydroxyl groups is 1. The molecule has 1 aliphatic heterocycles. The summed E-state index contributed by atoms with van der Waals surface area (Å²) in [4.78, 5) is 16.2. The van der Waals surface area contributed by atoms with E-state index in [1.54, 1.807) is 7.11 Å². The quantitative estimate of drug-likeness (QED) is 0.185. The number of benzene rings is 2. The lowest BCUT2D eigenvalue weighted by atomic mass is 9.68. The number of ether oxygens (including phenoxy) is 2. The molecular weight excluding hydrogens is 665 g/mol. The van der Waals surface area contributed by atoms with Crippen LogP contribution in [-0.4, -0.2) is 46.2 Å². The Bertz CT molecular complexity index is 1830. The molecule has 1 saturated heterocycles. The average Bonchev–Trinajstić information content (AvgIpc) is 3.13. The fourth-order valence-electron chi connectivity index (χ4n) is 8.47. The maximum Gasteiger partial charge on any atom is 0.248 e. The van der Waals surface area contributed by atoms with Crippen LogP contribution in [0.4, 0.5) is 19.1 Å². The number of methoxy groups -OCH3 is 1. The summed E-state index contributed by atoms with van der Waals surface area (Å²) in [6.45, 7) is 8.04. The number of rotatable bonds is 9. The minimum absolute atomic E-state index is 0.00819. The van der Waals surface area contributed by atoms with Crippen molar-refractivity contribution in [3.63, 3.8) is 0 Å². The average molecular weight is 715 g/mol. The van der Waals surface area contributed by atoms with Crippen molar-refractivity contribution in [2.75, 3.05) is 25.1 Å². The molecule has 7 nitrogen and oxygen atoms in total. The van der Waals surface area contributed by atoms with Crippen LogP contribution in [0.1, 0.15) is 128 Å². The molecular formula is C42H49F3N4O3. The van der Waals surface area contributed by atoms with Crippen LogP contribution in [0.5, 0.6) is 11.5 Å². The van der Waals surface area contributed by atoms with Crippen LogP contribution in [-0.2, 0) is 17.8 Å². The third-order valence-corrected chi connectivity index (χ3v) is 11.3. The van der Waals surface area contributed by atoms with Gasteiger partial charge in [0.05, 0.1) is 37.9 Å². The lowest BCUT2D eigenvalue weighted by Gasteiger charge is -2.42. The predicted octanol–water partition coefficient (Wildman–Crippen LogP) is 9.86. The normalized spacial score (nSPS) is 21.1. The standard InChI is InChI=1S/C42H49F3N4O3/c1-26-5-9-29(10-6-26)38(43)37-35(28-13-17-42(44,45)18-14-28)36-33(21-41(2,3)22-34(36)52-25-27-7-11-32(51-4)12-8-27)48-39(37)30-15-19-49(20-16-30)40-46-23-31(50)24-47-40/h5-12,23-24,28,30,34,38,50H,13-22,25H2,1-4H3. The van der Waals surface area contributed by atoms with Gasteiger partial charge >= 0.3 is 0 Å². The summed E-state index contributed by atoms with van der Waals surface area (Å²) in [5.41, 5.74) is 6.38. The van der Waals surface area contributed by atoms with Gasteiger partial charge in [-0.1, -0.05) is 55.8 Å². The number of piperidine rings is 1. The minimum atomic E-state index is -2.73. The van der Waals surface area contributed by atoms with Crippen LogP contribution < -0.4 is 9.64 Å². The third-order valence-electron chi connectivity index (χ3n) is 11.3. The van der Waals surface area contributed by atoms with Gasteiger partial charge in [0.15, 0.2) is 11.9 Å². The molecule has 7 rings (SSSR count).